The van der Waals surface area contributed by atoms with E-state index in [4.69, 9.17) is 14.2 Å². The summed E-state index contributed by atoms with van der Waals surface area (Å²) in [4.78, 5) is 28.2. The lowest BCUT2D eigenvalue weighted by molar-refractivity contribution is -0.140. The molecule has 0 radical (unpaired) electrons. The Balaban J connectivity index is 2.05. The van der Waals surface area contributed by atoms with E-state index in [9.17, 15) is 24.9 Å². The Morgan fingerprint density at radius 1 is 1.19 bits per heavy atom. The molecular formula is C27H40N2O8. The van der Waals surface area contributed by atoms with E-state index in [1.165, 1.54) is 7.11 Å². The maximum absolute atomic E-state index is 13.3. The molecule has 4 unspecified atom stereocenters. The average Bonchev–Trinajstić information content (AvgIpc) is 3.27. The highest BCUT2D eigenvalue weighted by atomic mass is 16.5. The van der Waals surface area contributed by atoms with Crippen molar-refractivity contribution in [1.82, 2.24) is 10.2 Å². The fourth-order valence-corrected chi connectivity index (χ4v) is 4.91. The van der Waals surface area contributed by atoms with Crippen LogP contribution in [0.15, 0.2) is 23.8 Å². The first-order chi connectivity index (χ1) is 17.6. The Morgan fingerprint density at radius 2 is 1.92 bits per heavy atom. The first-order valence-corrected chi connectivity index (χ1v) is 12.8. The molecule has 1 heterocycles. The Hall–Kier alpha value is -2.66. The van der Waals surface area contributed by atoms with Crippen LogP contribution in [0.5, 0.6) is 11.5 Å². The van der Waals surface area contributed by atoms with Crippen molar-refractivity contribution in [2.45, 2.75) is 71.0 Å². The van der Waals surface area contributed by atoms with Crippen molar-refractivity contribution in [2.24, 2.45) is 5.92 Å². The lowest BCUT2D eigenvalue weighted by Crippen LogP contribution is -2.56. The first-order valence-electron chi connectivity index (χ1n) is 12.8. The van der Waals surface area contributed by atoms with Crippen LogP contribution < -0.4 is 14.8 Å². The number of benzene rings is 1. The molecule has 2 amide bonds. The molecule has 0 spiro atoms. The van der Waals surface area contributed by atoms with Crippen LogP contribution in [0.25, 0.3) is 0 Å². The molecule has 10 heteroatoms. The molecule has 4 atom stereocenters. The van der Waals surface area contributed by atoms with Gasteiger partial charge in [0, 0.05) is 36.8 Å². The van der Waals surface area contributed by atoms with Crippen molar-refractivity contribution >= 4 is 11.8 Å². The predicted molar refractivity (Wildman–Crippen MR) is 136 cm³/mol. The molecule has 1 aromatic rings. The fraction of sp³-hybridized carbons (Fsp3) is 0.630. The van der Waals surface area contributed by atoms with Crippen molar-refractivity contribution in [1.29, 1.82) is 0 Å². The van der Waals surface area contributed by atoms with Gasteiger partial charge in [-0.2, -0.15) is 0 Å². The lowest BCUT2D eigenvalue weighted by atomic mass is 9.77. The van der Waals surface area contributed by atoms with Crippen molar-refractivity contribution in [2.75, 3.05) is 33.4 Å². The second-order valence-corrected chi connectivity index (χ2v) is 9.98. The lowest BCUT2D eigenvalue weighted by Gasteiger charge is -2.41. The average molecular weight is 521 g/mol. The van der Waals surface area contributed by atoms with Crippen LogP contribution >= 0.6 is 0 Å². The van der Waals surface area contributed by atoms with Crippen LogP contribution in [-0.2, 0) is 20.9 Å². The van der Waals surface area contributed by atoms with E-state index in [0.717, 1.165) is 0 Å². The normalized spacial score (nSPS) is 22.3. The van der Waals surface area contributed by atoms with Crippen LogP contribution in [0, 0.1) is 5.92 Å². The van der Waals surface area contributed by atoms with E-state index in [1.807, 2.05) is 13.8 Å². The SMILES string of the molecule is COc1cc(CO)cc2c1OC1C2C(C(=O)NCCO)=CC(N(CCCOC(C)C)C(=O)C(C)C)C1O. The number of nitrogens with zero attached hydrogens (tertiary/aromatic N) is 1. The van der Waals surface area contributed by atoms with Gasteiger partial charge in [-0.1, -0.05) is 13.8 Å². The van der Waals surface area contributed by atoms with Crippen molar-refractivity contribution in [3.63, 3.8) is 0 Å². The second kappa shape index (κ2) is 12.7. The smallest absolute Gasteiger partial charge is 0.247 e. The summed E-state index contributed by atoms with van der Waals surface area (Å²) in [5.74, 6) is -0.788. The standard InChI is InChI=1S/C27H40N2O8/c1-15(2)27(34)29(8-6-10-36-16(3)4)20-13-19(26(33)28-7-9-30)22-18-11-17(14-31)12-21(35-5)24(18)37-25(22)23(20)32/h11-13,15-16,20,22-23,25,30-32H,6-10,14H2,1-5H3,(H,28,33). The van der Waals surface area contributed by atoms with Crippen molar-refractivity contribution < 1.29 is 39.1 Å². The molecule has 1 aliphatic carbocycles. The van der Waals surface area contributed by atoms with E-state index >= 15 is 0 Å². The summed E-state index contributed by atoms with van der Waals surface area (Å²) in [5, 5.41) is 33.3. The zero-order valence-corrected chi connectivity index (χ0v) is 22.3. The number of carbonyl (C=O) groups excluding carboxylic acids is 2. The number of amides is 2. The fourth-order valence-electron chi connectivity index (χ4n) is 4.91. The number of fused-ring (bicyclic) bond motifs is 3. The van der Waals surface area contributed by atoms with Gasteiger partial charge in [-0.25, -0.2) is 0 Å². The van der Waals surface area contributed by atoms with Crippen LogP contribution in [0.2, 0.25) is 0 Å². The molecule has 0 bridgehead atoms. The molecule has 0 saturated heterocycles. The summed E-state index contributed by atoms with van der Waals surface area (Å²) >= 11 is 0. The molecular weight excluding hydrogens is 480 g/mol. The minimum atomic E-state index is -1.14. The Labute approximate surface area is 218 Å². The third kappa shape index (κ3) is 6.26. The maximum atomic E-state index is 13.3. The number of carbonyl (C=O) groups is 2. The summed E-state index contributed by atoms with van der Waals surface area (Å²) in [7, 11) is 1.48. The van der Waals surface area contributed by atoms with Gasteiger partial charge in [0.1, 0.15) is 12.2 Å². The number of hydrogen-bond acceptors (Lipinski definition) is 8. The highest BCUT2D eigenvalue weighted by molar-refractivity contribution is 5.96. The van der Waals surface area contributed by atoms with E-state index in [2.05, 4.69) is 5.32 Å². The van der Waals surface area contributed by atoms with Gasteiger partial charge < -0.3 is 39.7 Å². The van der Waals surface area contributed by atoms with Gasteiger partial charge in [0.25, 0.3) is 0 Å². The second-order valence-electron chi connectivity index (χ2n) is 9.98. The number of hydrogen-bond donors (Lipinski definition) is 4. The summed E-state index contributed by atoms with van der Waals surface area (Å²) in [6.07, 6.45) is 0.252. The van der Waals surface area contributed by atoms with E-state index in [0.29, 0.717) is 47.8 Å². The molecule has 0 saturated carbocycles. The molecule has 10 nitrogen and oxygen atoms in total. The monoisotopic (exact) mass is 520 g/mol. The van der Waals surface area contributed by atoms with E-state index in [1.54, 1.807) is 37.0 Å². The molecule has 1 aromatic carbocycles. The molecule has 1 aliphatic heterocycles. The Bertz CT molecular complexity index is 993. The van der Waals surface area contributed by atoms with Gasteiger partial charge in [-0.05, 0) is 44.0 Å². The molecule has 37 heavy (non-hydrogen) atoms. The minimum absolute atomic E-state index is 0.0513. The molecule has 0 fully saturated rings. The van der Waals surface area contributed by atoms with Crippen LogP contribution in [0.3, 0.4) is 0 Å². The first kappa shape index (κ1) is 28.9. The Morgan fingerprint density at radius 3 is 2.51 bits per heavy atom. The summed E-state index contributed by atoms with van der Waals surface area (Å²) in [5.41, 5.74) is 1.52. The van der Waals surface area contributed by atoms with Crippen molar-refractivity contribution in [3.8, 4) is 11.5 Å². The molecule has 4 N–H and O–H groups in total. The molecule has 0 aromatic heterocycles. The number of rotatable bonds is 12. The summed E-state index contributed by atoms with van der Waals surface area (Å²) in [6, 6.07) is 2.57. The van der Waals surface area contributed by atoms with Crippen LogP contribution in [-0.4, -0.2) is 89.8 Å². The summed E-state index contributed by atoms with van der Waals surface area (Å²) < 4.78 is 17.3. The largest absolute Gasteiger partial charge is 0.493 e. The molecule has 3 rings (SSSR count). The topological polar surface area (TPSA) is 138 Å². The van der Waals surface area contributed by atoms with Gasteiger partial charge in [-0.3, -0.25) is 9.59 Å². The third-order valence-corrected chi connectivity index (χ3v) is 6.63. The van der Waals surface area contributed by atoms with Gasteiger partial charge in [-0.15, -0.1) is 0 Å². The van der Waals surface area contributed by atoms with Crippen LogP contribution in [0.1, 0.15) is 51.2 Å². The highest BCUT2D eigenvalue weighted by Crippen LogP contribution is 2.51. The number of aliphatic hydroxyl groups is 3. The number of nitrogens with one attached hydrogen (secondary N) is 1. The van der Waals surface area contributed by atoms with E-state index < -0.39 is 30.1 Å². The van der Waals surface area contributed by atoms with Crippen molar-refractivity contribution in [3.05, 3.63) is 34.9 Å². The number of aliphatic hydroxyl groups excluding tert-OH is 3. The highest BCUT2D eigenvalue weighted by Gasteiger charge is 2.51. The maximum Gasteiger partial charge on any atom is 0.247 e. The van der Waals surface area contributed by atoms with Gasteiger partial charge in [0.2, 0.25) is 11.8 Å². The van der Waals surface area contributed by atoms with E-state index in [-0.39, 0.29) is 37.7 Å². The zero-order chi connectivity index (χ0) is 27.3. The quantitative estimate of drug-likeness (QED) is 0.301. The molecule has 2 aliphatic rings. The third-order valence-electron chi connectivity index (χ3n) is 6.63. The number of ether oxygens (including phenoxy) is 3. The van der Waals surface area contributed by atoms with Gasteiger partial charge >= 0.3 is 0 Å². The van der Waals surface area contributed by atoms with Gasteiger partial charge in [0.05, 0.1) is 38.4 Å². The zero-order valence-electron chi connectivity index (χ0n) is 22.3. The van der Waals surface area contributed by atoms with Crippen LogP contribution in [0.4, 0.5) is 0 Å². The van der Waals surface area contributed by atoms with Gasteiger partial charge in [0.15, 0.2) is 11.5 Å². The predicted octanol–water partition coefficient (Wildman–Crippen LogP) is 1.11. The minimum Gasteiger partial charge on any atom is -0.493 e. The Kier molecular flexibility index (Phi) is 9.94. The summed E-state index contributed by atoms with van der Waals surface area (Å²) in [6.45, 7) is 7.82. The number of methoxy groups -OCH3 is 1. The molecule has 206 valence electrons.